The lowest BCUT2D eigenvalue weighted by Gasteiger charge is -2.28. The predicted octanol–water partition coefficient (Wildman–Crippen LogP) is -2.89. The van der Waals surface area contributed by atoms with E-state index in [0.717, 1.165) is 0 Å². The molecule has 0 radical (unpaired) electrons. The molecule has 1 heterocycles. The van der Waals surface area contributed by atoms with Crippen LogP contribution in [0.1, 0.15) is 13.8 Å². The Balaban J connectivity index is 2.37. The molecule has 2 atom stereocenters. The minimum Gasteiger partial charge on any atom is -0.340 e. The van der Waals surface area contributed by atoms with Crippen LogP contribution < -0.4 is 21.6 Å². The highest BCUT2D eigenvalue weighted by molar-refractivity contribution is 5.97. The average Bonchev–Trinajstić information content (AvgIpc) is 2.33. The third-order valence-corrected chi connectivity index (χ3v) is 2.20. The van der Waals surface area contributed by atoms with Crippen LogP contribution in [0.25, 0.3) is 0 Å². The van der Waals surface area contributed by atoms with Crippen molar-refractivity contribution in [1.82, 2.24) is 21.6 Å². The summed E-state index contributed by atoms with van der Waals surface area (Å²) in [4.78, 5) is 54.0. The van der Waals surface area contributed by atoms with Crippen molar-refractivity contribution < 1.29 is 28.9 Å². The van der Waals surface area contributed by atoms with Crippen LogP contribution in [0.3, 0.4) is 0 Å². The van der Waals surface area contributed by atoms with E-state index >= 15 is 0 Å². The molecule has 1 aliphatic heterocycles. The van der Waals surface area contributed by atoms with Gasteiger partial charge in [-0.05, 0) is 0 Å². The van der Waals surface area contributed by atoms with Crippen molar-refractivity contribution in [3.05, 3.63) is 0 Å². The number of hydroxylamine groups is 2. The Morgan fingerprint density at radius 1 is 0.950 bits per heavy atom. The molecule has 0 bridgehead atoms. The van der Waals surface area contributed by atoms with Gasteiger partial charge in [-0.15, -0.1) is 0 Å². The zero-order valence-corrected chi connectivity index (χ0v) is 11.0. The summed E-state index contributed by atoms with van der Waals surface area (Å²) < 4.78 is 0. The number of hydrogen-bond donors (Lipinski definition) is 4. The van der Waals surface area contributed by atoms with E-state index in [1.54, 1.807) is 0 Å². The van der Waals surface area contributed by atoms with E-state index in [-0.39, 0.29) is 13.2 Å². The Labute approximate surface area is 114 Å². The van der Waals surface area contributed by atoms with Gasteiger partial charge in [-0.3, -0.25) is 28.9 Å². The molecule has 2 unspecified atom stereocenters. The highest BCUT2D eigenvalue weighted by Crippen LogP contribution is 1.98. The zero-order valence-electron chi connectivity index (χ0n) is 11.0. The van der Waals surface area contributed by atoms with Crippen molar-refractivity contribution in [1.29, 1.82) is 0 Å². The second-order valence-corrected chi connectivity index (χ2v) is 4.06. The SMILES string of the molecule is CC(=O)NOCC1NC(=O)C(CONC(C)=O)NC1=O. The van der Waals surface area contributed by atoms with Crippen molar-refractivity contribution >= 4 is 23.6 Å². The van der Waals surface area contributed by atoms with E-state index in [2.05, 4.69) is 10.6 Å². The molecule has 0 saturated carbocycles. The maximum atomic E-state index is 11.7. The van der Waals surface area contributed by atoms with E-state index in [1.807, 2.05) is 11.0 Å². The molecule has 4 amide bonds. The first kappa shape index (κ1) is 15.9. The van der Waals surface area contributed by atoms with Gasteiger partial charge in [0.25, 0.3) is 0 Å². The maximum Gasteiger partial charge on any atom is 0.245 e. The summed E-state index contributed by atoms with van der Waals surface area (Å²) in [6.45, 7) is 2.09. The first-order valence-electron chi connectivity index (χ1n) is 5.77. The third kappa shape index (κ3) is 5.20. The average molecular weight is 288 g/mol. The van der Waals surface area contributed by atoms with Gasteiger partial charge in [0.2, 0.25) is 23.6 Å². The van der Waals surface area contributed by atoms with Gasteiger partial charge in [-0.2, -0.15) is 0 Å². The Kier molecular flexibility index (Phi) is 5.87. The number of carbonyl (C=O) groups excluding carboxylic acids is 4. The van der Waals surface area contributed by atoms with Gasteiger partial charge in [0.1, 0.15) is 25.3 Å². The summed E-state index contributed by atoms with van der Waals surface area (Å²) in [5, 5.41) is 4.82. The highest BCUT2D eigenvalue weighted by atomic mass is 16.7. The Bertz CT molecular complexity index is 375. The Hall–Kier alpha value is -2.20. The second-order valence-electron chi connectivity index (χ2n) is 4.06. The van der Waals surface area contributed by atoms with Crippen molar-refractivity contribution in [3.63, 3.8) is 0 Å². The lowest BCUT2D eigenvalue weighted by Crippen LogP contribution is -2.64. The molecular weight excluding hydrogens is 272 g/mol. The first-order chi connectivity index (χ1) is 9.40. The van der Waals surface area contributed by atoms with E-state index < -0.39 is 35.7 Å². The Morgan fingerprint density at radius 2 is 1.30 bits per heavy atom. The number of rotatable bonds is 6. The maximum absolute atomic E-state index is 11.7. The quantitative estimate of drug-likeness (QED) is 0.387. The highest BCUT2D eigenvalue weighted by Gasteiger charge is 2.34. The topological polar surface area (TPSA) is 135 Å². The molecule has 112 valence electrons. The van der Waals surface area contributed by atoms with Crippen LogP contribution in [0, 0.1) is 0 Å². The minimum atomic E-state index is -0.911. The molecule has 1 rings (SSSR count). The normalized spacial score (nSPS) is 21.7. The zero-order chi connectivity index (χ0) is 15.1. The molecule has 0 aliphatic carbocycles. The molecule has 0 aromatic rings. The van der Waals surface area contributed by atoms with Crippen molar-refractivity contribution in [2.24, 2.45) is 0 Å². The van der Waals surface area contributed by atoms with Gasteiger partial charge in [0.15, 0.2) is 0 Å². The summed E-state index contributed by atoms with van der Waals surface area (Å²) in [5.41, 5.74) is 4.09. The number of piperazine rings is 1. The van der Waals surface area contributed by atoms with Gasteiger partial charge in [-0.25, -0.2) is 11.0 Å². The smallest absolute Gasteiger partial charge is 0.245 e. The van der Waals surface area contributed by atoms with Gasteiger partial charge in [0, 0.05) is 13.8 Å². The summed E-state index contributed by atoms with van der Waals surface area (Å²) >= 11 is 0. The second kappa shape index (κ2) is 7.40. The number of amides is 4. The lowest BCUT2D eigenvalue weighted by molar-refractivity contribution is -0.145. The monoisotopic (exact) mass is 288 g/mol. The van der Waals surface area contributed by atoms with Crippen LogP contribution >= 0.6 is 0 Å². The van der Waals surface area contributed by atoms with Gasteiger partial charge >= 0.3 is 0 Å². The van der Waals surface area contributed by atoms with E-state index in [1.165, 1.54) is 13.8 Å². The van der Waals surface area contributed by atoms with Gasteiger partial charge < -0.3 is 10.6 Å². The van der Waals surface area contributed by atoms with Crippen LogP contribution in [0.4, 0.5) is 0 Å². The van der Waals surface area contributed by atoms with Gasteiger partial charge in [0.05, 0.1) is 0 Å². The lowest BCUT2D eigenvalue weighted by atomic mass is 10.1. The summed E-state index contributed by atoms with van der Waals surface area (Å²) in [7, 11) is 0. The number of carbonyl (C=O) groups is 4. The first-order valence-corrected chi connectivity index (χ1v) is 5.77. The molecule has 1 aliphatic rings. The largest absolute Gasteiger partial charge is 0.340 e. The molecule has 0 aromatic carbocycles. The van der Waals surface area contributed by atoms with Crippen molar-refractivity contribution in [3.8, 4) is 0 Å². The predicted molar refractivity (Wildman–Crippen MR) is 63.4 cm³/mol. The molecule has 10 nitrogen and oxygen atoms in total. The minimum absolute atomic E-state index is 0.198. The standard InChI is InChI=1S/C10H16N4O6/c1-5(15)13-19-3-7-9(17)12-8(10(18)11-7)4-20-14-6(2)16/h7-8H,3-4H2,1-2H3,(H,11,18)(H,12,17)(H,13,15)(H,14,16). The molecule has 4 N–H and O–H groups in total. The molecule has 1 saturated heterocycles. The molecule has 10 heteroatoms. The third-order valence-electron chi connectivity index (χ3n) is 2.20. The van der Waals surface area contributed by atoms with E-state index in [4.69, 9.17) is 9.68 Å². The van der Waals surface area contributed by atoms with Crippen LogP contribution in [-0.2, 0) is 28.9 Å². The molecule has 20 heavy (non-hydrogen) atoms. The van der Waals surface area contributed by atoms with E-state index in [0.29, 0.717) is 0 Å². The number of nitrogens with one attached hydrogen (secondary N) is 4. The molecule has 1 fully saturated rings. The molecular formula is C10H16N4O6. The summed E-state index contributed by atoms with van der Waals surface area (Å²) in [5.74, 6) is -1.80. The fraction of sp³-hybridized carbons (Fsp3) is 0.600. The fourth-order valence-corrected chi connectivity index (χ4v) is 1.36. The van der Waals surface area contributed by atoms with Crippen LogP contribution in [-0.4, -0.2) is 48.9 Å². The van der Waals surface area contributed by atoms with Crippen LogP contribution in [0.5, 0.6) is 0 Å². The molecule has 0 spiro atoms. The molecule has 0 aromatic heterocycles. The summed E-state index contributed by atoms with van der Waals surface area (Å²) in [6, 6.07) is -1.82. The summed E-state index contributed by atoms with van der Waals surface area (Å²) in [6.07, 6.45) is 0. The van der Waals surface area contributed by atoms with E-state index in [9.17, 15) is 19.2 Å². The Morgan fingerprint density at radius 3 is 1.60 bits per heavy atom. The van der Waals surface area contributed by atoms with Crippen molar-refractivity contribution in [2.45, 2.75) is 25.9 Å². The van der Waals surface area contributed by atoms with Crippen LogP contribution in [0.2, 0.25) is 0 Å². The van der Waals surface area contributed by atoms with Crippen molar-refractivity contribution in [2.75, 3.05) is 13.2 Å². The van der Waals surface area contributed by atoms with Crippen LogP contribution in [0.15, 0.2) is 0 Å². The van der Waals surface area contributed by atoms with Gasteiger partial charge in [-0.1, -0.05) is 0 Å². The number of hydrogen-bond acceptors (Lipinski definition) is 6. The fourth-order valence-electron chi connectivity index (χ4n) is 1.36.